The molecule has 26 heavy (non-hydrogen) atoms. The van der Waals surface area contributed by atoms with E-state index in [1.165, 1.54) is 0 Å². The lowest BCUT2D eigenvalue weighted by Gasteiger charge is -2.26. The maximum atomic E-state index is 12.4. The van der Waals surface area contributed by atoms with Crippen molar-refractivity contribution >= 4 is 17.0 Å². The van der Waals surface area contributed by atoms with Gasteiger partial charge in [0.05, 0.1) is 0 Å². The predicted octanol–water partition coefficient (Wildman–Crippen LogP) is 4.29. The Morgan fingerprint density at radius 3 is 3.00 bits per heavy atom. The van der Waals surface area contributed by atoms with Crippen LogP contribution in [0.3, 0.4) is 0 Å². The Morgan fingerprint density at radius 2 is 2.19 bits per heavy atom. The van der Waals surface area contributed by atoms with E-state index < -0.39 is 5.60 Å². The van der Waals surface area contributed by atoms with Crippen LogP contribution in [0, 0.1) is 0 Å². The Morgan fingerprint density at radius 1 is 1.35 bits per heavy atom. The van der Waals surface area contributed by atoms with Crippen molar-refractivity contribution < 1.29 is 14.1 Å². The van der Waals surface area contributed by atoms with E-state index in [4.69, 9.17) is 9.26 Å². The zero-order valence-electron chi connectivity index (χ0n) is 15.2. The van der Waals surface area contributed by atoms with Gasteiger partial charge in [-0.15, -0.1) is 0 Å². The van der Waals surface area contributed by atoms with Crippen LogP contribution in [0.25, 0.3) is 22.3 Å². The van der Waals surface area contributed by atoms with Crippen molar-refractivity contribution in [1.29, 1.82) is 0 Å². The Hall–Kier alpha value is -2.83. The Bertz CT molecular complexity index is 938. The minimum absolute atomic E-state index is 0.236. The molecule has 1 aromatic carbocycles. The number of amides is 1. The molecule has 0 bridgehead atoms. The number of carbonyl (C=O) groups excluding carboxylic acids is 1. The third-order valence-electron chi connectivity index (χ3n) is 4.42. The van der Waals surface area contributed by atoms with Crippen LogP contribution in [-0.4, -0.2) is 38.3 Å². The highest BCUT2D eigenvalue weighted by atomic mass is 16.6. The second kappa shape index (κ2) is 6.16. The molecule has 1 amide bonds. The molecule has 1 atom stereocenters. The van der Waals surface area contributed by atoms with Crippen LogP contribution in [0.2, 0.25) is 0 Å². The van der Waals surface area contributed by atoms with E-state index in [2.05, 4.69) is 15.1 Å². The summed E-state index contributed by atoms with van der Waals surface area (Å²) in [5.41, 5.74) is 1.36. The number of nitrogens with one attached hydrogen (secondary N) is 1. The van der Waals surface area contributed by atoms with Crippen LogP contribution < -0.4 is 0 Å². The number of rotatable bonds is 2. The van der Waals surface area contributed by atoms with E-state index in [1.807, 2.05) is 51.2 Å². The average Bonchev–Trinajstić information content (AvgIpc) is 3.31. The molecule has 1 N–H and O–H groups in total. The first-order valence-electron chi connectivity index (χ1n) is 8.81. The first-order chi connectivity index (χ1) is 12.4. The van der Waals surface area contributed by atoms with Gasteiger partial charge in [-0.2, -0.15) is 4.98 Å². The Labute approximate surface area is 151 Å². The maximum Gasteiger partial charge on any atom is 0.410 e. The third-order valence-corrected chi connectivity index (χ3v) is 4.42. The lowest BCUT2D eigenvalue weighted by molar-refractivity contribution is 0.0199. The predicted molar refractivity (Wildman–Crippen MR) is 96.5 cm³/mol. The van der Waals surface area contributed by atoms with E-state index in [9.17, 15) is 4.79 Å². The van der Waals surface area contributed by atoms with Crippen LogP contribution >= 0.6 is 0 Å². The molecular weight excluding hydrogens is 332 g/mol. The van der Waals surface area contributed by atoms with Crippen molar-refractivity contribution in [3.63, 3.8) is 0 Å². The van der Waals surface area contributed by atoms with Crippen LogP contribution in [0.5, 0.6) is 0 Å². The number of ether oxygens (including phenoxy) is 1. The van der Waals surface area contributed by atoms with Gasteiger partial charge in [0, 0.05) is 23.8 Å². The molecule has 7 nitrogen and oxygen atoms in total. The fraction of sp³-hybridized carbons (Fsp3) is 0.421. The third kappa shape index (κ3) is 3.16. The first-order valence-corrected chi connectivity index (χ1v) is 8.81. The van der Waals surface area contributed by atoms with Crippen molar-refractivity contribution in [2.24, 2.45) is 0 Å². The van der Waals surface area contributed by atoms with Crippen molar-refractivity contribution in [3.05, 3.63) is 36.4 Å². The highest BCUT2D eigenvalue weighted by Gasteiger charge is 2.36. The molecule has 0 unspecified atom stereocenters. The molecule has 1 aliphatic heterocycles. The molecule has 3 heterocycles. The van der Waals surface area contributed by atoms with E-state index in [-0.39, 0.29) is 12.1 Å². The van der Waals surface area contributed by atoms with Crippen molar-refractivity contribution in [3.8, 4) is 11.4 Å². The molecule has 3 aromatic rings. The number of likely N-dealkylation sites (tertiary alicyclic amines) is 1. The van der Waals surface area contributed by atoms with Crippen LogP contribution in [0.4, 0.5) is 4.79 Å². The zero-order chi connectivity index (χ0) is 18.3. The normalized spacial score (nSPS) is 17.8. The Balaban J connectivity index is 1.57. The van der Waals surface area contributed by atoms with Crippen molar-refractivity contribution in [1.82, 2.24) is 20.0 Å². The van der Waals surface area contributed by atoms with Gasteiger partial charge in [0.25, 0.3) is 0 Å². The number of fused-ring (bicyclic) bond motifs is 1. The van der Waals surface area contributed by atoms with Gasteiger partial charge in [0.1, 0.15) is 11.6 Å². The van der Waals surface area contributed by atoms with E-state index >= 15 is 0 Å². The number of hydrogen-bond donors (Lipinski definition) is 1. The minimum Gasteiger partial charge on any atom is -0.444 e. The summed E-state index contributed by atoms with van der Waals surface area (Å²) in [6.07, 6.45) is 3.23. The molecule has 7 heteroatoms. The quantitative estimate of drug-likeness (QED) is 0.742. The lowest BCUT2D eigenvalue weighted by Crippen LogP contribution is -2.36. The van der Waals surface area contributed by atoms with Gasteiger partial charge in [-0.05, 0) is 51.1 Å². The second-order valence-corrected chi connectivity index (χ2v) is 7.57. The number of aromatic nitrogens is 3. The monoisotopic (exact) mass is 354 g/mol. The number of carbonyl (C=O) groups is 1. The lowest BCUT2D eigenvalue weighted by atomic mass is 10.1. The van der Waals surface area contributed by atoms with E-state index in [1.54, 1.807) is 4.90 Å². The number of hydrogen-bond acceptors (Lipinski definition) is 5. The van der Waals surface area contributed by atoms with Crippen LogP contribution in [-0.2, 0) is 4.74 Å². The van der Waals surface area contributed by atoms with Gasteiger partial charge in [0.15, 0.2) is 0 Å². The molecular formula is C19H22N4O3. The zero-order valence-corrected chi connectivity index (χ0v) is 15.2. The summed E-state index contributed by atoms with van der Waals surface area (Å²) in [6, 6.07) is 7.74. The molecule has 2 aromatic heterocycles. The SMILES string of the molecule is CC(C)(C)OC(=O)N1CCC[C@H]1c1nc(-c2ccc3cc[nH]c3c2)no1. The van der Waals surface area contributed by atoms with Crippen LogP contribution in [0.1, 0.15) is 45.5 Å². The topological polar surface area (TPSA) is 84.2 Å². The molecule has 1 fully saturated rings. The highest BCUT2D eigenvalue weighted by molar-refractivity contribution is 5.83. The number of aromatic amines is 1. The molecule has 1 aliphatic rings. The van der Waals surface area contributed by atoms with E-state index in [0.29, 0.717) is 18.3 Å². The summed E-state index contributed by atoms with van der Waals surface area (Å²) in [7, 11) is 0. The number of benzene rings is 1. The van der Waals surface area contributed by atoms with Gasteiger partial charge in [-0.25, -0.2) is 4.79 Å². The van der Waals surface area contributed by atoms with Gasteiger partial charge < -0.3 is 14.2 Å². The summed E-state index contributed by atoms with van der Waals surface area (Å²) in [5.74, 6) is 0.975. The fourth-order valence-corrected chi connectivity index (χ4v) is 3.24. The first kappa shape index (κ1) is 16.6. The number of nitrogens with zero attached hydrogens (tertiary/aromatic N) is 3. The van der Waals surface area contributed by atoms with Gasteiger partial charge in [-0.3, -0.25) is 4.90 Å². The fourth-order valence-electron chi connectivity index (χ4n) is 3.24. The summed E-state index contributed by atoms with van der Waals surface area (Å²) in [5, 5.41) is 5.24. The molecule has 0 aliphatic carbocycles. The van der Waals surface area contributed by atoms with E-state index in [0.717, 1.165) is 29.3 Å². The number of H-pyrrole nitrogens is 1. The summed E-state index contributed by atoms with van der Waals surface area (Å²) >= 11 is 0. The standard InChI is InChI=1S/C19H22N4O3/c1-19(2,3)25-18(24)23-10-4-5-15(23)17-21-16(22-26-17)13-7-6-12-8-9-20-14(12)11-13/h6-9,11,15,20H,4-5,10H2,1-3H3/t15-/m0/s1. The van der Waals surface area contributed by atoms with Crippen molar-refractivity contribution in [2.75, 3.05) is 6.54 Å². The molecule has 4 rings (SSSR count). The van der Waals surface area contributed by atoms with Gasteiger partial charge in [-0.1, -0.05) is 17.3 Å². The average molecular weight is 354 g/mol. The van der Waals surface area contributed by atoms with Gasteiger partial charge >= 0.3 is 6.09 Å². The highest BCUT2D eigenvalue weighted by Crippen LogP contribution is 2.33. The molecule has 136 valence electrons. The molecule has 0 spiro atoms. The van der Waals surface area contributed by atoms with Crippen molar-refractivity contribution in [2.45, 2.75) is 45.3 Å². The molecule has 1 saturated heterocycles. The second-order valence-electron chi connectivity index (χ2n) is 7.57. The largest absolute Gasteiger partial charge is 0.444 e. The Kier molecular flexibility index (Phi) is 3.94. The minimum atomic E-state index is -0.532. The van der Waals surface area contributed by atoms with Gasteiger partial charge in [0.2, 0.25) is 11.7 Å². The summed E-state index contributed by atoms with van der Waals surface area (Å²) in [6.45, 7) is 6.21. The summed E-state index contributed by atoms with van der Waals surface area (Å²) < 4.78 is 11.0. The molecule has 0 radical (unpaired) electrons. The smallest absolute Gasteiger partial charge is 0.410 e. The summed E-state index contributed by atoms with van der Waals surface area (Å²) in [4.78, 5) is 21.8. The van der Waals surface area contributed by atoms with Crippen LogP contribution in [0.15, 0.2) is 35.0 Å². The maximum absolute atomic E-state index is 12.4. The molecule has 0 saturated carbocycles.